The molecule has 0 bridgehead atoms. The van der Waals surface area contributed by atoms with Gasteiger partial charge in [-0.3, -0.25) is 9.59 Å². The van der Waals surface area contributed by atoms with E-state index in [1.54, 1.807) is 0 Å². The van der Waals surface area contributed by atoms with Crippen molar-refractivity contribution in [1.29, 1.82) is 0 Å². The normalized spacial score (nSPS) is 13.3. The first-order valence-electron chi connectivity index (χ1n) is 11.3. The molecule has 1 heterocycles. The van der Waals surface area contributed by atoms with Gasteiger partial charge in [-0.25, -0.2) is 0 Å². The number of carbonyl (C=O) groups excluding carboxylic acids is 2. The number of nitrogens with one attached hydrogen (secondary N) is 3. The summed E-state index contributed by atoms with van der Waals surface area (Å²) in [6.07, 6.45) is 2.84. The third-order valence-corrected chi connectivity index (χ3v) is 6.90. The molecule has 3 N–H and O–H groups in total. The number of fused-ring (bicyclic) bond motifs is 1. The zero-order valence-corrected chi connectivity index (χ0v) is 19.8. The van der Waals surface area contributed by atoms with E-state index in [2.05, 4.69) is 16.0 Å². The molecule has 1 aromatic heterocycles. The second kappa shape index (κ2) is 10.6. The Labute approximate surface area is 198 Å². The fourth-order valence-corrected chi connectivity index (χ4v) is 5.31. The Morgan fingerprint density at radius 1 is 1.03 bits per heavy atom. The van der Waals surface area contributed by atoms with Crippen LogP contribution in [-0.4, -0.2) is 25.0 Å². The Hall–Kier alpha value is -3.16. The van der Waals surface area contributed by atoms with Crippen molar-refractivity contribution in [3.8, 4) is 5.75 Å². The highest BCUT2D eigenvalue weighted by molar-refractivity contribution is 7.17. The molecule has 4 rings (SSSR count). The Morgan fingerprint density at radius 3 is 2.52 bits per heavy atom. The number of benzene rings is 2. The van der Waals surface area contributed by atoms with Gasteiger partial charge in [0.15, 0.2) is 0 Å². The predicted molar refractivity (Wildman–Crippen MR) is 133 cm³/mol. The van der Waals surface area contributed by atoms with Gasteiger partial charge in [-0.2, -0.15) is 0 Å². The molecule has 0 saturated carbocycles. The number of rotatable bonds is 9. The summed E-state index contributed by atoms with van der Waals surface area (Å²) in [6, 6.07) is 17.4. The van der Waals surface area contributed by atoms with Crippen LogP contribution in [-0.2, 0) is 17.6 Å². The van der Waals surface area contributed by atoms with E-state index >= 15 is 0 Å². The minimum atomic E-state index is -0.195. The zero-order valence-electron chi connectivity index (χ0n) is 18.9. The van der Waals surface area contributed by atoms with Crippen molar-refractivity contribution in [2.45, 2.75) is 39.2 Å². The van der Waals surface area contributed by atoms with Gasteiger partial charge < -0.3 is 20.7 Å². The van der Waals surface area contributed by atoms with E-state index in [9.17, 15) is 9.59 Å². The molecule has 0 radical (unpaired) electrons. The van der Waals surface area contributed by atoms with E-state index in [0.29, 0.717) is 22.9 Å². The number of hydrogen-bond donors (Lipinski definition) is 3. The number of aryl methyl sites for hydroxylation is 1. The lowest BCUT2D eigenvalue weighted by Crippen LogP contribution is -2.30. The van der Waals surface area contributed by atoms with Crippen LogP contribution < -0.4 is 20.7 Å². The van der Waals surface area contributed by atoms with Crippen molar-refractivity contribution in [2.75, 3.05) is 23.8 Å². The molecule has 0 fully saturated rings. The van der Waals surface area contributed by atoms with Crippen molar-refractivity contribution in [3.05, 3.63) is 76.2 Å². The molecule has 0 saturated heterocycles. The van der Waals surface area contributed by atoms with Crippen LogP contribution in [0, 0.1) is 0 Å². The molecule has 0 aliphatic heterocycles. The van der Waals surface area contributed by atoms with Crippen LogP contribution in [0.5, 0.6) is 5.75 Å². The van der Waals surface area contributed by atoms with Crippen LogP contribution in [0.15, 0.2) is 54.6 Å². The SMILES string of the molecule is CCOc1ccc(NC(=O)c2c(NC(=O)CNC(C)c3ccccc3)sc3c2CCC3)cc1. The molecule has 33 heavy (non-hydrogen) atoms. The second-order valence-electron chi connectivity index (χ2n) is 8.03. The van der Waals surface area contributed by atoms with E-state index in [-0.39, 0.29) is 24.4 Å². The molecule has 2 amide bonds. The highest BCUT2D eigenvalue weighted by atomic mass is 32.1. The van der Waals surface area contributed by atoms with Gasteiger partial charge in [0.25, 0.3) is 5.91 Å². The summed E-state index contributed by atoms with van der Waals surface area (Å²) < 4.78 is 5.46. The molecule has 1 unspecified atom stereocenters. The van der Waals surface area contributed by atoms with Crippen LogP contribution in [0.2, 0.25) is 0 Å². The molecule has 2 aromatic carbocycles. The summed E-state index contributed by atoms with van der Waals surface area (Å²) >= 11 is 1.51. The first kappa shape index (κ1) is 23.0. The molecular weight excluding hydrogens is 434 g/mol. The first-order valence-corrected chi connectivity index (χ1v) is 12.1. The maximum atomic E-state index is 13.2. The smallest absolute Gasteiger partial charge is 0.258 e. The molecular formula is C26H29N3O3S. The average molecular weight is 464 g/mol. The number of anilines is 2. The average Bonchev–Trinajstić information content (AvgIpc) is 3.40. The molecule has 1 aliphatic rings. The summed E-state index contributed by atoms with van der Waals surface area (Å²) in [5.41, 5.74) is 3.46. The van der Waals surface area contributed by atoms with Gasteiger partial charge >= 0.3 is 0 Å². The number of ether oxygens (including phenoxy) is 1. The van der Waals surface area contributed by atoms with Crippen molar-refractivity contribution >= 4 is 33.8 Å². The maximum absolute atomic E-state index is 13.2. The largest absolute Gasteiger partial charge is 0.494 e. The number of carbonyl (C=O) groups is 2. The van der Waals surface area contributed by atoms with Gasteiger partial charge in [-0.1, -0.05) is 30.3 Å². The van der Waals surface area contributed by atoms with Gasteiger partial charge in [-0.15, -0.1) is 11.3 Å². The molecule has 7 heteroatoms. The van der Waals surface area contributed by atoms with Gasteiger partial charge in [0, 0.05) is 16.6 Å². The van der Waals surface area contributed by atoms with Crippen LogP contribution >= 0.6 is 11.3 Å². The summed E-state index contributed by atoms with van der Waals surface area (Å²) in [6.45, 7) is 4.71. The molecule has 1 atom stereocenters. The van der Waals surface area contributed by atoms with E-state index in [1.807, 2.05) is 68.4 Å². The van der Waals surface area contributed by atoms with Gasteiger partial charge in [0.1, 0.15) is 10.8 Å². The zero-order chi connectivity index (χ0) is 23.2. The Balaban J connectivity index is 1.43. The molecule has 6 nitrogen and oxygen atoms in total. The number of thiophene rings is 1. The third-order valence-electron chi connectivity index (χ3n) is 5.69. The lowest BCUT2D eigenvalue weighted by atomic mass is 10.1. The summed E-state index contributed by atoms with van der Waals surface area (Å²) in [4.78, 5) is 27.1. The van der Waals surface area contributed by atoms with E-state index in [1.165, 1.54) is 16.2 Å². The summed E-state index contributed by atoms with van der Waals surface area (Å²) in [7, 11) is 0. The minimum Gasteiger partial charge on any atom is -0.494 e. The molecule has 1 aliphatic carbocycles. The fourth-order valence-electron chi connectivity index (χ4n) is 4.00. The van der Waals surface area contributed by atoms with Gasteiger partial charge in [0.2, 0.25) is 5.91 Å². The van der Waals surface area contributed by atoms with Gasteiger partial charge in [0.05, 0.1) is 18.7 Å². The summed E-state index contributed by atoms with van der Waals surface area (Å²) in [5, 5.41) is 9.83. The quantitative estimate of drug-likeness (QED) is 0.409. The number of amides is 2. The number of hydrogen-bond acceptors (Lipinski definition) is 5. The van der Waals surface area contributed by atoms with Crippen molar-refractivity contribution in [3.63, 3.8) is 0 Å². The Bertz CT molecular complexity index is 1110. The van der Waals surface area contributed by atoms with Crippen LogP contribution in [0.1, 0.15) is 52.7 Å². The predicted octanol–water partition coefficient (Wildman–Crippen LogP) is 5.18. The van der Waals surface area contributed by atoms with Crippen LogP contribution in [0.25, 0.3) is 0 Å². The second-order valence-corrected chi connectivity index (χ2v) is 9.14. The van der Waals surface area contributed by atoms with Gasteiger partial charge in [-0.05, 0) is 68.5 Å². The monoisotopic (exact) mass is 463 g/mol. The van der Waals surface area contributed by atoms with Crippen molar-refractivity contribution in [1.82, 2.24) is 5.32 Å². The van der Waals surface area contributed by atoms with Crippen LogP contribution in [0.4, 0.5) is 10.7 Å². The molecule has 172 valence electrons. The maximum Gasteiger partial charge on any atom is 0.258 e. The summed E-state index contributed by atoms with van der Waals surface area (Å²) in [5.74, 6) is 0.407. The Morgan fingerprint density at radius 2 is 1.79 bits per heavy atom. The first-order chi connectivity index (χ1) is 16.0. The fraction of sp³-hybridized carbons (Fsp3) is 0.308. The lowest BCUT2D eigenvalue weighted by Gasteiger charge is -2.14. The molecule has 0 spiro atoms. The van der Waals surface area contributed by atoms with Crippen molar-refractivity contribution in [2.24, 2.45) is 0 Å². The standard InChI is InChI=1S/C26H29N3O3S/c1-3-32-20-14-12-19(13-15-20)28-25(31)24-21-10-7-11-22(21)33-26(24)29-23(30)16-27-17(2)18-8-5-4-6-9-18/h4-6,8-9,12-15,17,27H,3,7,10-11,16H2,1-2H3,(H,28,31)(H,29,30). The Kier molecular flexibility index (Phi) is 7.42. The highest BCUT2D eigenvalue weighted by Gasteiger charge is 2.27. The van der Waals surface area contributed by atoms with E-state index < -0.39 is 0 Å². The van der Waals surface area contributed by atoms with Crippen LogP contribution in [0.3, 0.4) is 0 Å². The van der Waals surface area contributed by atoms with E-state index in [4.69, 9.17) is 4.74 Å². The lowest BCUT2D eigenvalue weighted by molar-refractivity contribution is -0.115. The highest BCUT2D eigenvalue weighted by Crippen LogP contribution is 2.39. The van der Waals surface area contributed by atoms with E-state index in [0.717, 1.165) is 36.1 Å². The third kappa shape index (κ3) is 5.61. The molecule has 3 aromatic rings. The topological polar surface area (TPSA) is 79.5 Å². The van der Waals surface area contributed by atoms with Crippen molar-refractivity contribution < 1.29 is 14.3 Å². The minimum absolute atomic E-state index is 0.0488.